The zero-order chi connectivity index (χ0) is 13.8. The molecule has 0 fully saturated rings. The number of halogens is 1. The molecular formula is C10H9ClN2O4S. The fraction of sp³-hybridized carbons (Fsp3) is 0.200. The van der Waals surface area contributed by atoms with Gasteiger partial charge in [0.25, 0.3) is 0 Å². The van der Waals surface area contributed by atoms with E-state index in [-0.39, 0.29) is 15.5 Å². The number of nitrogens with zero attached hydrogens (tertiary/aromatic N) is 1. The summed E-state index contributed by atoms with van der Waals surface area (Å²) in [5.74, 6) is -0.730. The average Bonchev–Trinajstić information content (AvgIpc) is 2.36. The van der Waals surface area contributed by atoms with Crippen LogP contribution in [0.15, 0.2) is 23.1 Å². The van der Waals surface area contributed by atoms with Crippen LogP contribution in [0.25, 0.3) is 0 Å². The van der Waals surface area contributed by atoms with E-state index in [1.54, 1.807) is 6.07 Å². The summed E-state index contributed by atoms with van der Waals surface area (Å²) in [6, 6.07) is 5.62. The molecule has 0 heterocycles. The zero-order valence-corrected chi connectivity index (χ0v) is 10.9. The highest BCUT2D eigenvalue weighted by molar-refractivity contribution is 7.89. The fourth-order valence-electron chi connectivity index (χ4n) is 1.08. The van der Waals surface area contributed by atoms with Crippen molar-refractivity contribution in [2.75, 3.05) is 13.7 Å². The normalized spacial score (nSPS) is 10.7. The molecule has 0 aliphatic rings. The Morgan fingerprint density at radius 3 is 2.78 bits per heavy atom. The number of benzene rings is 1. The Bertz CT molecular complexity index is 607. The topological polar surface area (TPSA) is 96.3 Å². The van der Waals surface area contributed by atoms with E-state index >= 15 is 0 Å². The van der Waals surface area contributed by atoms with Crippen molar-refractivity contribution in [3.8, 4) is 6.07 Å². The molecule has 1 aromatic rings. The van der Waals surface area contributed by atoms with Crippen molar-refractivity contribution in [1.29, 1.82) is 5.26 Å². The van der Waals surface area contributed by atoms with E-state index in [1.807, 2.05) is 4.72 Å². The molecule has 0 saturated carbocycles. The Labute approximate surface area is 109 Å². The van der Waals surface area contributed by atoms with Gasteiger partial charge in [0.15, 0.2) is 0 Å². The van der Waals surface area contributed by atoms with Crippen molar-refractivity contribution in [2.24, 2.45) is 0 Å². The molecule has 6 nitrogen and oxygen atoms in total. The molecule has 1 rings (SSSR count). The van der Waals surface area contributed by atoms with E-state index < -0.39 is 22.5 Å². The highest BCUT2D eigenvalue weighted by Gasteiger charge is 2.19. The minimum atomic E-state index is -3.96. The van der Waals surface area contributed by atoms with Gasteiger partial charge in [-0.3, -0.25) is 4.79 Å². The first kappa shape index (κ1) is 14.4. The second kappa shape index (κ2) is 5.82. The number of rotatable bonds is 4. The summed E-state index contributed by atoms with van der Waals surface area (Å²) in [5, 5.41) is 8.66. The third kappa shape index (κ3) is 3.43. The molecule has 1 N–H and O–H groups in total. The first-order chi connectivity index (χ1) is 8.40. The van der Waals surface area contributed by atoms with Gasteiger partial charge < -0.3 is 4.74 Å². The van der Waals surface area contributed by atoms with Crippen molar-refractivity contribution >= 4 is 27.6 Å². The smallest absolute Gasteiger partial charge is 0.320 e. The molecule has 96 valence electrons. The van der Waals surface area contributed by atoms with Crippen LogP contribution in [0.4, 0.5) is 0 Å². The number of carbonyl (C=O) groups is 1. The highest BCUT2D eigenvalue weighted by atomic mass is 35.5. The van der Waals surface area contributed by atoms with Crippen LogP contribution in [-0.4, -0.2) is 28.0 Å². The van der Waals surface area contributed by atoms with Crippen LogP contribution >= 0.6 is 11.6 Å². The summed E-state index contributed by atoms with van der Waals surface area (Å²) < 4.78 is 30.0. The standard InChI is InChI=1S/C10H9ClN2O4S/c1-17-10(14)6-13-18(15,16)9-4-7(5-12)2-3-8(9)11/h2-4,13H,6H2,1H3. The molecule has 0 aliphatic heterocycles. The Hall–Kier alpha value is -1.62. The maximum Gasteiger partial charge on any atom is 0.320 e. The molecule has 18 heavy (non-hydrogen) atoms. The predicted molar refractivity (Wildman–Crippen MR) is 63.4 cm³/mol. The van der Waals surface area contributed by atoms with Crippen LogP contribution in [0.5, 0.6) is 0 Å². The van der Waals surface area contributed by atoms with Crippen LogP contribution in [-0.2, 0) is 19.6 Å². The van der Waals surface area contributed by atoms with Gasteiger partial charge in [0.2, 0.25) is 10.0 Å². The van der Waals surface area contributed by atoms with Crippen LogP contribution in [0, 0.1) is 11.3 Å². The maximum absolute atomic E-state index is 11.8. The molecule has 0 aliphatic carbocycles. The highest BCUT2D eigenvalue weighted by Crippen LogP contribution is 2.22. The summed E-state index contributed by atoms with van der Waals surface area (Å²) in [5.41, 5.74) is 0.151. The molecule has 0 unspecified atom stereocenters. The van der Waals surface area contributed by atoms with Crippen molar-refractivity contribution in [3.05, 3.63) is 28.8 Å². The van der Waals surface area contributed by atoms with Crippen molar-refractivity contribution in [1.82, 2.24) is 4.72 Å². The molecule has 0 atom stereocenters. The van der Waals surface area contributed by atoms with Gasteiger partial charge in [-0.15, -0.1) is 0 Å². The van der Waals surface area contributed by atoms with Crippen molar-refractivity contribution in [3.63, 3.8) is 0 Å². The molecule has 8 heteroatoms. The number of nitrogens with one attached hydrogen (secondary N) is 1. The van der Waals surface area contributed by atoms with Gasteiger partial charge in [0, 0.05) is 0 Å². The van der Waals surface area contributed by atoms with Crippen LogP contribution in [0.1, 0.15) is 5.56 Å². The molecule has 0 amide bonds. The first-order valence-electron chi connectivity index (χ1n) is 4.67. The molecule has 1 aromatic carbocycles. The molecule has 0 spiro atoms. The zero-order valence-electron chi connectivity index (χ0n) is 9.31. The number of methoxy groups -OCH3 is 1. The molecule has 0 bridgehead atoms. The lowest BCUT2D eigenvalue weighted by molar-refractivity contribution is -0.139. The second-order valence-electron chi connectivity index (χ2n) is 3.16. The van der Waals surface area contributed by atoms with Gasteiger partial charge in [-0.1, -0.05) is 11.6 Å². The van der Waals surface area contributed by atoms with E-state index in [4.69, 9.17) is 16.9 Å². The van der Waals surface area contributed by atoms with E-state index in [0.29, 0.717) is 0 Å². The number of carbonyl (C=O) groups excluding carboxylic acids is 1. The van der Waals surface area contributed by atoms with Crippen molar-refractivity contribution < 1.29 is 17.9 Å². The van der Waals surface area contributed by atoms with Crippen molar-refractivity contribution in [2.45, 2.75) is 4.90 Å². The minimum absolute atomic E-state index is 0.0358. The number of nitriles is 1. The third-order valence-electron chi connectivity index (χ3n) is 1.98. The summed E-state index contributed by atoms with van der Waals surface area (Å²) >= 11 is 5.74. The van der Waals surface area contributed by atoms with Gasteiger partial charge in [0.05, 0.1) is 23.8 Å². The lowest BCUT2D eigenvalue weighted by Crippen LogP contribution is -2.30. The van der Waals surface area contributed by atoms with E-state index in [9.17, 15) is 13.2 Å². The summed E-state index contributed by atoms with van der Waals surface area (Å²) in [6.45, 7) is -0.508. The van der Waals surface area contributed by atoms with Crippen LogP contribution < -0.4 is 4.72 Å². The average molecular weight is 289 g/mol. The number of esters is 1. The fourth-order valence-corrected chi connectivity index (χ4v) is 2.58. The Kier molecular flexibility index (Phi) is 4.67. The summed E-state index contributed by atoms with van der Waals surface area (Å²) in [4.78, 5) is 10.6. The van der Waals surface area contributed by atoms with Gasteiger partial charge >= 0.3 is 5.97 Å². The monoisotopic (exact) mass is 288 g/mol. The Balaban J connectivity index is 3.05. The number of hydrogen-bond donors (Lipinski definition) is 1. The SMILES string of the molecule is COC(=O)CNS(=O)(=O)c1cc(C#N)ccc1Cl. The first-order valence-corrected chi connectivity index (χ1v) is 6.53. The van der Waals surface area contributed by atoms with Crippen LogP contribution in [0.2, 0.25) is 5.02 Å². The Morgan fingerprint density at radius 2 is 2.22 bits per heavy atom. The third-order valence-corrected chi connectivity index (χ3v) is 3.87. The maximum atomic E-state index is 11.8. The minimum Gasteiger partial charge on any atom is -0.468 e. The lowest BCUT2D eigenvalue weighted by atomic mass is 10.2. The summed E-state index contributed by atoms with van der Waals surface area (Å²) in [7, 11) is -2.82. The van der Waals surface area contributed by atoms with E-state index in [2.05, 4.69) is 4.74 Å². The van der Waals surface area contributed by atoms with Gasteiger partial charge in [0.1, 0.15) is 11.4 Å². The van der Waals surface area contributed by atoms with Gasteiger partial charge in [-0.25, -0.2) is 8.42 Å². The molecule has 0 radical (unpaired) electrons. The molecular weight excluding hydrogens is 280 g/mol. The van der Waals surface area contributed by atoms with E-state index in [0.717, 1.165) is 13.2 Å². The van der Waals surface area contributed by atoms with Gasteiger partial charge in [-0.2, -0.15) is 9.98 Å². The quantitative estimate of drug-likeness (QED) is 0.821. The molecule has 0 saturated heterocycles. The number of sulfonamides is 1. The second-order valence-corrected chi connectivity index (χ2v) is 5.30. The lowest BCUT2D eigenvalue weighted by Gasteiger charge is -2.07. The number of ether oxygens (including phenoxy) is 1. The predicted octanol–water partition coefficient (Wildman–Crippen LogP) is 0.663. The molecule has 0 aromatic heterocycles. The largest absolute Gasteiger partial charge is 0.468 e. The van der Waals surface area contributed by atoms with Crippen LogP contribution in [0.3, 0.4) is 0 Å². The van der Waals surface area contributed by atoms with Gasteiger partial charge in [-0.05, 0) is 18.2 Å². The Morgan fingerprint density at radius 1 is 1.56 bits per heavy atom. The number of hydrogen-bond acceptors (Lipinski definition) is 5. The van der Waals surface area contributed by atoms with E-state index in [1.165, 1.54) is 12.1 Å². The summed E-state index contributed by atoms with van der Waals surface area (Å²) in [6.07, 6.45) is 0.